The number of aromatic nitrogens is 4. The lowest BCUT2D eigenvalue weighted by atomic mass is 9.88. The second-order valence-electron chi connectivity index (χ2n) is 6.24. The van der Waals surface area contributed by atoms with Gasteiger partial charge < -0.3 is 10.1 Å². The second kappa shape index (κ2) is 6.55. The van der Waals surface area contributed by atoms with Gasteiger partial charge in [0.05, 0.1) is 25.0 Å². The number of nitrogens with one attached hydrogen (secondary N) is 1. The summed E-state index contributed by atoms with van der Waals surface area (Å²) < 4.78 is 7.21. The van der Waals surface area contributed by atoms with E-state index in [1.54, 1.807) is 24.2 Å². The SMILES string of the molecule is COc1cnc(N[C@@H]2CCCc3ccccc32)nc1-c1ccnn1C. The average molecular weight is 335 g/mol. The molecular formula is C19H21N5O. The van der Waals surface area contributed by atoms with Crippen LogP contribution in [-0.2, 0) is 13.5 Å². The summed E-state index contributed by atoms with van der Waals surface area (Å²) in [5, 5.41) is 7.73. The first-order valence-electron chi connectivity index (χ1n) is 8.50. The van der Waals surface area contributed by atoms with E-state index in [-0.39, 0.29) is 6.04 Å². The molecule has 0 radical (unpaired) electrons. The molecule has 1 aliphatic rings. The molecule has 0 bridgehead atoms. The van der Waals surface area contributed by atoms with Gasteiger partial charge in [-0.1, -0.05) is 24.3 Å². The average Bonchev–Trinajstić information content (AvgIpc) is 3.08. The van der Waals surface area contributed by atoms with Gasteiger partial charge in [0.25, 0.3) is 0 Å². The largest absolute Gasteiger partial charge is 0.493 e. The minimum absolute atomic E-state index is 0.234. The third-order valence-corrected chi connectivity index (χ3v) is 4.71. The van der Waals surface area contributed by atoms with Crippen molar-refractivity contribution in [3.63, 3.8) is 0 Å². The molecule has 2 heterocycles. The van der Waals surface area contributed by atoms with Gasteiger partial charge in [0.1, 0.15) is 5.69 Å². The van der Waals surface area contributed by atoms with Crippen LogP contribution in [0.4, 0.5) is 5.95 Å². The molecule has 0 fully saturated rings. The fraction of sp³-hybridized carbons (Fsp3) is 0.316. The first-order valence-corrected chi connectivity index (χ1v) is 8.50. The summed E-state index contributed by atoms with van der Waals surface area (Å²) in [5.41, 5.74) is 4.39. The number of hydrogen-bond acceptors (Lipinski definition) is 5. The van der Waals surface area contributed by atoms with Crippen molar-refractivity contribution < 1.29 is 4.74 Å². The Morgan fingerprint density at radius 2 is 2.12 bits per heavy atom. The van der Waals surface area contributed by atoms with E-state index in [1.807, 2.05) is 13.1 Å². The summed E-state index contributed by atoms with van der Waals surface area (Å²) in [6, 6.07) is 10.7. The van der Waals surface area contributed by atoms with Gasteiger partial charge in [-0.3, -0.25) is 4.68 Å². The molecule has 4 rings (SSSR count). The summed E-state index contributed by atoms with van der Waals surface area (Å²) in [4.78, 5) is 9.15. The molecule has 0 saturated heterocycles. The Bertz CT molecular complexity index is 889. The molecular weight excluding hydrogens is 314 g/mol. The number of methoxy groups -OCH3 is 1. The second-order valence-corrected chi connectivity index (χ2v) is 6.24. The van der Waals surface area contributed by atoms with Crippen LogP contribution >= 0.6 is 0 Å². The maximum atomic E-state index is 5.43. The molecule has 0 unspecified atom stereocenters. The van der Waals surface area contributed by atoms with Crippen molar-refractivity contribution >= 4 is 5.95 Å². The fourth-order valence-corrected chi connectivity index (χ4v) is 3.44. The molecule has 0 saturated carbocycles. The Hall–Kier alpha value is -2.89. The molecule has 2 aromatic heterocycles. The van der Waals surface area contributed by atoms with Crippen molar-refractivity contribution in [2.45, 2.75) is 25.3 Å². The standard InChI is InChI=1S/C19H21N5O/c1-24-16(10-11-21-24)18-17(25-2)12-20-19(23-18)22-15-9-5-7-13-6-3-4-8-14(13)15/h3-4,6,8,10-12,15H,5,7,9H2,1-2H3,(H,20,22,23)/t15-/m1/s1. The Labute approximate surface area is 146 Å². The highest BCUT2D eigenvalue weighted by Gasteiger charge is 2.21. The maximum absolute atomic E-state index is 5.43. The van der Waals surface area contributed by atoms with Gasteiger partial charge in [-0.2, -0.15) is 5.10 Å². The minimum Gasteiger partial charge on any atom is -0.493 e. The molecule has 0 amide bonds. The topological polar surface area (TPSA) is 64.9 Å². The van der Waals surface area contributed by atoms with Gasteiger partial charge in [0, 0.05) is 13.2 Å². The lowest BCUT2D eigenvalue weighted by molar-refractivity contribution is 0.412. The number of hydrogen-bond donors (Lipinski definition) is 1. The van der Waals surface area contributed by atoms with Crippen LogP contribution in [0.25, 0.3) is 11.4 Å². The first-order chi connectivity index (χ1) is 12.3. The fourth-order valence-electron chi connectivity index (χ4n) is 3.44. The Morgan fingerprint density at radius 3 is 2.92 bits per heavy atom. The van der Waals surface area contributed by atoms with Crippen LogP contribution < -0.4 is 10.1 Å². The van der Waals surface area contributed by atoms with E-state index in [1.165, 1.54) is 17.5 Å². The number of fused-ring (bicyclic) bond motifs is 1. The van der Waals surface area contributed by atoms with Crippen LogP contribution in [0.15, 0.2) is 42.7 Å². The van der Waals surface area contributed by atoms with Gasteiger partial charge in [-0.05, 0) is 36.5 Å². The number of aryl methyl sites for hydroxylation is 2. The molecule has 25 heavy (non-hydrogen) atoms. The lowest BCUT2D eigenvalue weighted by Gasteiger charge is -2.26. The van der Waals surface area contributed by atoms with E-state index in [9.17, 15) is 0 Å². The zero-order valence-corrected chi connectivity index (χ0v) is 14.4. The molecule has 128 valence electrons. The summed E-state index contributed by atoms with van der Waals surface area (Å²) in [7, 11) is 3.52. The van der Waals surface area contributed by atoms with Crippen molar-refractivity contribution in [2.75, 3.05) is 12.4 Å². The third kappa shape index (κ3) is 2.95. The monoisotopic (exact) mass is 335 g/mol. The van der Waals surface area contributed by atoms with Crippen LogP contribution in [0.1, 0.15) is 30.0 Å². The zero-order valence-electron chi connectivity index (χ0n) is 14.4. The predicted octanol–water partition coefficient (Wildman–Crippen LogP) is 3.38. The van der Waals surface area contributed by atoms with Gasteiger partial charge in [-0.25, -0.2) is 9.97 Å². The van der Waals surface area contributed by atoms with E-state index in [0.717, 1.165) is 24.2 Å². The Kier molecular flexibility index (Phi) is 4.09. The van der Waals surface area contributed by atoms with Crippen LogP contribution in [-0.4, -0.2) is 26.9 Å². The van der Waals surface area contributed by atoms with E-state index >= 15 is 0 Å². The number of rotatable bonds is 4. The third-order valence-electron chi connectivity index (χ3n) is 4.71. The molecule has 1 N–H and O–H groups in total. The van der Waals surface area contributed by atoms with Gasteiger partial charge in [-0.15, -0.1) is 0 Å². The number of nitrogens with zero attached hydrogens (tertiary/aromatic N) is 4. The van der Waals surface area contributed by atoms with Gasteiger partial charge in [0.2, 0.25) is 5.95 Å². The number of anilines is 1. The van der Waals surface area contributed by atoms with Crippen molar-refractivity contribution in [2.24, 2.45) is 7.05 Å². The molecule has 1 aromatic carbocycles. The van der Waals surface area contributed by atoms with Crippen molar-refractivity contribution in [1.82, 2.24) is 19.7 Å². The van der Waals surface area contributed by atoms with Crippen LogP contribution in [0.2, 0.25) is 0 Å². The van der Waals surface area contributed by atoms with E-state index in [0.29, 0.717) is 11.7 Å². The van der Waals surface area contributed by atoms with Crippen molar-refractivity contribution in [3.05, 3.63) is 53.9 Å². The predicted molar refractivity (Wildman–Crippen MR) is 96.5 cm³/mol. The normalized spacial score (nSPS) is 16.3. The highest BCUT2D eigenvalue weighted by molar-refractivity contribution is 5.63. The Balaban J connectivity index is 1.68. The molecule has 0 spiro atoms. The maximum Gasteiger partial charge on any atom is 0.223 e. The molecule has 1 atom stereocenters. The quantitative estimate of drug-likeness (QED) is 0.792. The molecule has 1 aliphatic carbocycles. The molecule has 6 nitrogen and oxygen atoms in total. The highest BCUT2D eigenvalue weighted by atomic mass is 16.5. The van der Waals surface area contributed by atoms with Crippen LogP contribution in [0.5, 0.6) is 5.75 Å². The van der Waals surface area contributed by atoms with Crippen molar-refractivity contribution in [3.8, 4) is 17.1 Å². The molecule has 3 aromatic rings. The van der Waals surface area contributed by atoms with E-state index < -0.39 is 0 Å². The first kappa shape index (κ1) is 15.6. The number of ether oxygens (including phenoxy) is 1. The molecule has 0 aliphatic heterocycles. The van der Waals surface area contributed by atoms with Gasteiger partial charge >= 0.3 is 0 Å². The van der Waals surface area contributed by atoms with Crippen LogP contribution in [0, 0.1) is 0 Å². The summed E-state index contributed by atoms with van der Waals surface area (Å²) in [6.07, 6.45) is 6.85. The Morgan fingerprint density at radius 1 is 1.24 bits per heavy atom. The minimum atomic E-state index is 0.234. The van der Waals surface area contributed by atoms with Gasteiger partial charge in [0.15, 0.2) is 5.75 Å². The van der Waals surface area contributed by atoms with Crippen molar-refractivity contribution in [1.29, 1.82) is 0 Å². The zero-order chi connectivity index (χ0) is 17.2. The van der Waals surface area contributed by atoms with E-state index in [4.69, 9.17) is 9.72 Å². The lowest BCUT2D eigenvalue weighted by Crippen LogP contribution is -2.18. The number of benzene rings is 1. The smallest absolute Gasteiger partial charge is 0.223 e. The summed E-state index contributed by atoms with van der Waals surface area (Å²) in [6.45, 7) is 0. The van der Waals surface area contributed by atoms with Crippen LogP contribution in [0.3, 0.4) is 0 Å². The highest BCUT2D eigenvalue weighted by Crippen LogP contribution is 2.33. The molecule has 6 heteroatoms. The summed E-state index contributed by atoms with van der Waals surface area (Å²) in [5.74, 6) is 1.25. The summed E-state index contributed by atoms with van der Waals surface area (Å²) >= 11 is 0. The van der Waals surface area contributed by atoms with E-state index in [2.05, 4.69) is 39.7 Å².